The highest BCUT2D eigenvalue weighted by Crippen LogP contribution is 2.15. The van der Waals surface area contributed by atoms with E-state index < -0.39 is 0 Å². The van der Waals surface area contributed by atoms with E-state index in [-0.39, 0.29) is 12.4 Å². The van der Waals surface area contributed by atoms with Gasteiger partial charge >= 0.3 is 0 Å². The molecule has 0 spiro atoms. The van der Waals surface area contributed by atoms with E-state index in [4.69, 9.17) is 5.11 Å². The molecule has 2 nitrogen and oxygen atoms in total. The van der Waals surface area contributed by atoms with Crippen LogP contribution in [0.5, 0.6) is 0 Å². The SMILES string of the molecule is Cc1cc(C(=O)CCCO)cs1. The molecule has 0 unspecified atom stereocenters. The van der Waals surface area contributed by atoms with Crippen molar-refractivity contribution in [3.63, 3.8) is 0 Å². The fraction of sp³-hybridized carbons (Fsp3) is 0.444. The topological polar surface area (TPSA) is 37.3 Å². The molecule has 0 fully saturated rings. The van der Waals surface area contributed by atoms with Crippen molar-refractivity contribution in [3.05, 3.63) is 21.9 Å². The molecule has 0 aromatic carbocycles. The quantitative estimate of drug-likeness (QED) is 0.727. The summed E-state index contributed by atoms with van der Waals surface area (Å²) in [7, 11) is 0. The molecule has 1 aromatic heterocycles. The van der Waals surface area contributed by atoms with Crippen molar-refractivity contribution in [2.45, 2.75) is 19.8 Å². The largest absolute Gasteiger partial charge is 0.396 e. The molecule has 0 bridgehead atoms. The van der Waals surface area contributed by atoms with Crippen LogP contribution in [0.3, 0.4) is 0 Å². The lowest BCUT2D eigenvalue weighted by Crippen LogP contribution is -1.98. The van der Waals surface area contributed by atoms with Crippen molar-refractivity contribution in [1.29, 1.82) is 0 Å². The van der Waals surface area contributed by atoms with Crippen molar-refractivity contribution in [1.82, 2.24) is 0 Å². The van der Waals surface area contributed by atoms with Gasteiger partial charge < -0.3 is 5.11 Å². The molecule has 1 N–H and O–H groups in total. The predicted molar refractivity (Wildman–Crippen MR) is 49.7 cm³/mol. The summed E-state index contributed by atoms with van der Waals surface area (Å²) in [5.74, 6) is 0.133. The number of rotatable bonds is 4. The van der Waals surface area contributed by atoms with Gasteiger partial charge in [-0.05, 0) is 19.4 Å². The van der Waals surface area contributed by atoms with Crippen molar-refractivity contribution in [2.24, 2.45) is 0 Å². The smallest absolute Gasteiger partial charge is 0.163 e. The lowest BCUT2D eigenvalue weighted by atomic mass is 10.1. The van der Waals surface area contributed by atoms with Gasteiger partial charge in [-0.1, -0.05) is 0 Å². The van der Waals surface area contributed by atoms with E-state index in [0.29, 0.717) is 12.8 Å². The highest BCUT2D eigenvalue weighted by atomic mass is 32.1. The minimum atomic E-state index is 0.0921. The van der Waals surface area contributed by atoms with Crippen molar-refractivity contribution in [3.8, 4) is 0 Å². The Morgan fingerprint density at radius 1 is 1.67 bits per heavy atom. The second kappa shape index (κ2) is 4.38. The Morgan fingerprint density at radius 3 is 2.92 bits per heavy atom. The molecule has 0 aliphatic carbocycles. The Balaban J connectivity index is 2.53. The molecule has 0 saturated heterocycles. The zero-order chi connectivity index (χ0) is 8.97. The van der Waals surface area contributed by atoms with Crippen LogP contribution in [-0.4, -0.2) is 17.5 Å². The van der Waals surface area contributed by atoms with E-state index in [2.05, 4.69) is 0 Å². The van der Waals surface area contributed by atoms with E-state index in [9.17, 15) is 4.79 Å². The Hall–Kier alpha value is -0.670. The number of carbonyl (C=O) groups is 1. The van der Waals surface area contributed by atoms with Crippen LogP contribution in [0, 0.1) is 6.92 Å². The van der Waals surface area contributed by atoms with E-state index in [0.717, 1.165) is 10.4 Å². The van der Waals surface area contributed by atoms with Gasteiger partial charge in [0, 0.05) is 28.8 Å². The van der Waals surface area contributed by atoms with Gasteiger partial charge in [-0.25, -0.2) is 0 Å². The summed E-state index contributed by atoms with van der Waals surface area (Å²) < 4.78 is 0. The van der Waals surface area contributed by atoms with Crippen LogP contribution in [0.25, 0.3) is 0 Å². The van der Waals surface area contributed by atoms with Crippen molar-refractivity contribution in [2.75, 3.05) is 6.61 Å². The van der Waals surface area contributed by atoms with Crippen LogP contribution < -0.4 is 0 Å². The molecule has 1 rings (SSSR count). The van der Waals surface area contributed by atoms with Crippen molar-refractivity contribution < 1.29 is 9.90 Å². The van der Waals surface area contributed by atoms with E-state index in [1.165, 1.54) is 0 Å². The maximum absolute atomic E-state index is 11.3. The normalized spacial score (nSPS) is 10.2. The molecule has 0 amide bonds. The fourth-order valence-electron chi connectivity index (χ4n) is 0.974. The Morgan fingerprint density at radius 2 is 2.42 bits per heavy atom. The van der Waals surface area contributed by atoms with Crippen LogP contribution in [-0.2, 0) is 0 Å². The fourth-order valence-corrected chi connectivity index (χ4v) is 1.68. The molecule has 0 saturated carbocycles. The maximum atomic E-state index is 11.3. The average molecular weight is 184 g/mol. The molecule has 0 atom stereocenters. The zero-order valence-electron chi connectivity index (χ0n) is 7.04. The molecule has 0 aliphatic heterocycles. The van der Waals surface area contributed by atoms with Crippen LogP contribution in [0.1, 0.15) is 28.1 Å². The molecule has 1 heterocycles. The molecule has 66 valence electrons. The van der Waals surface area contributed by atoms with Gasteiger partial charge in [-0.15, -0.1) is 11.3 Å². The van der Waals surface area contributed by atoms with Crippen LogP contribution in [0.4, 0.5) is 0 Å². The summed E-state index contributed by atoms with van der Waals surface area (Å²) >= 11 is 1.58. The number of carbonyl (C=O) groups excluding carboxylic acids is 1. The second-order valence-corrected chi connectivity index (χ2v) is 3.81. The first-order chi connectivity index (χ1) is 5.74. The number of aliphatic hydroxyl groups is 1. The van der Waals surface area contributed by atoms with E-state index >= 15 is 0 Å². The first kappa shape index (κ1) is 9.42. The van der Waals surface area contributed by atoms with Crippen molar-refractivity contribution >= 4 is 17.1 Å². The number of thiophene rings is 1. The minimum absolute atomic E-state index is 0.0921. The van der Waals surface area contributed by atoms with Crippen LogP contribution in [0.15, 0.2) is 11.4 Å². The molecule has 0 radical (unpaired) electrons. The Labute approximate surface area is 75.9 Å². The first-order valence-corrected chi connectivity index (χ1v) is 4.81. The number of aryl methyl sites for hydroxylation is 1. The van der Waals surface area contributed by atoms with Gasteiger partial charge in [0.25, 0.3) is 0 Å². The maximum Gasteiger partial charge on any atom is 0.163 e. The third-order valence-electron chi connectivity index (χ3n) is 1.61. The lowest BCUT2D eigenvalue weighted by molar-refractivity contribution is 0.0971. The molecular weight excluding hydrogens is 172 g/mol. The predicted octanol–water partition coefficient (Wildman–Crippen LogP) is 2.01. The van der Waals surface area contributed by atoms with Gasteiger partial charge in [-0.3, -0.25) is 4.79 Å². The minimum Gasteiger partial charge on any atom is -0.396 e. The summed E-state index contributed by atoms with van der Waals surface area (Å²) in [6.45, 7) is 2.07. The summed E-state index contributed by atoms with van der Waals surface area (Å²) in [6.07, 6.45) is 1.01. The van der Waals surface area contributed by atoms with Gasteiger partial charge in [0.05, 0.1) is 0 Å². The summed E-state index contributed by atoms with van der Waals surface area (Å²) in [5, 5.41) is 10.4. The summed E-state index contributed by atoms with van der Waals surface area (Å²) in [4.78, 5) is 12.5. The van der Waals surface area contributed by atoms with Crippen LogP contribution in [0.2, 0.25) is 0 Å². The van der Waals surface area contributed by atoms with Gasteiger partial charge in [-0.2, -0.15) is 0 Å². The van der Waals surface area contributed by atoms with Gasteiger partial charge in [0.2, 0.25) is 0 Å². The summed E-state index contributed by atoms with van der Waals surface area (Å²) in [6, 6.07) is 1.89. The number of hydrogen-bond acceptors (Lipinski definition) is 3. The van der Waals surface area contributed by atoms with E-state index in [1.54, 1.807) is 11.3 Å². The number of hydrogen-bond donors (Lipinski definition) is 1. The standard InChI is InChI=1S/C9H12O2S/c1-7-5-8(6-12-7)9(11)3-2-4-10/h5-6,10H,2-4H2,1H3. The first-order valence-electron chi connectivity index (χ1n) is 3.93. The zero-order valence-corrected chi connectivity index (χ0v) is 7.86. The number of Topliss-reactive ketones (excluding diaryl/α,β-unsaturated/α-hetero) is 1. The third kappa shape index (κ3) is 2.43. The summed E-state index contributed by atoms with van der Waals surface area (Å²) in [5.41, 5.74) is 0.783. The highest BCUT2D eigenvalue weighted by Gasteiger charge is 2.05. The highest BCUT2D eigenvalue weighted by molar-refractivity contribution is 7.10. The Kier molecular flexibility index (Phi) is 3.44. The third-order valence-corrected chi connectivity index (χ3v) is 2.48. The molecule has 12 heavy (non-hydrogen) atoms. The second-order valence-electron chi connectivity index (χ2n) is 2.70. The lowest BCUT2D eigenvalue weighted by Gasteiger charge is -1.93. The molecular formula is C9H12O2S. The molecule has 1 aromatic rings. The molecule has 0 aliphatic rings. The van der Waals surface area contributed by atoms with Crippen LogP contribution >= 0.6 is 11.3 Å². The Bertz CT molecular complexity index is 265. The monoisotopic (exact) mass is 184 g/mol. The average Bonchev–Trinajstić information content (AvgIpc) is 2.47. The van der Waals surface area contributed by atoms with Gasteiger partial charge in [0.15, 0.2) is 5.78 Å². The van der Waals surface area contributed by atoms with Gasteiger partial charge in [0.1, 0.15) is 0 Å². The number of ketones is 1. The number of aliphatic hydroxyl groups excluding tert-OH is 1. The molecule has 3 heteroatoms. The van der Waals surface area contributed by atoms with E-state index in [1.807, 2.05) is 18.4 Å².